The minimum atomic E-state index is -0.594. The zero-order chi connectivity index (χ0) is 27.8. The lowest BCUT2D eigenvalue weighted by Gasteiger charge is -2.29. The van der Waals surface area contributed by atoms with Crippen molar-refractivity contribution in [2.24, 2.45) is 17.6 Å². The summed E-state index contributed by atoms with van der Waals surface area (Å²) in [6.07, 6.45) is 4.94. The van der Waals surface area contributed by atoms with E-state index >= 15 is 0 Å². The second kappa shape index (κ2) is 14.0. The maximum absolute atomic E-state index is 13.6. The molecule has 3 N–H and O–H groups in total. The lowest BCUT2D eigenvalue weighted by Crippen LogP contribution is -2.47. The van der Waals surface area contributed by atoms with Crippen molar-refractivity contribution in [1.82, 2.24) is 15.1 Å². The molecular weight excluding hydrogens is 495 g/mol. The number of nitrogens with zero attached hydrogens (tertiary/aromatic N) is 2. The molecule has 2 fully saturated rings. The van der Waals surface area contributed by atoms with Gasteiger partial charge in [0, 0.05) is 44.9 Å². The van der Waals surface area contributed by atoms with E-state index in [1.807, 2.05) is 12.1 Å². The number of hydrogen-bond donors (Lipinski definition) is 2. The lowest BCUT2D eigenvalue weighted by molar-refractivity contribution is -0.125. The van der Waals surface area contributed by atoms with Crippen LogP contribution in [0.25, 0.3) is 0 Å². The Hall–Kier alpha value is -2.81. The number of methoxy groups -OCH3 is 1. The van der Waals surface area contributed by atoms with E-state index in [0.29, 0.717) is 63.2 Å². The van der Waals surface area contributed by atoms with Crippen LogP contribution in [0.4, 0.5) is 4.39 Å². The number of likely N-dealkylation sites (tertiary alicyclic amines) is 1. The van der Waals surface area contributed by atoms with E-state index in [4.69, 9.17) is 10.5 Å². The number of benzene rings is 2. The first kappa shape index (κ1) is 29.2. The van der Waals surface area contributed by atoms with E-state index < -0.39 is 11.9 Å². The summed E-state index contributed by atoms with van der Waals surface area (Å²) in [6, 6.07) is 13.2. The van der Waals surface area contributed by atoms with Gasteiger partial charge in [0.25, 0.3) is 5.91 Å². The van der Waals surface area contributed by atoms with Gasteiger partial charge in [-0.1, -0.05) is 30.7 Å². The molecule has 0 aromatic heterocycles. The van der Waals surface area contributed by atoms with Gasteiger partial charge in [-0.3, -0.25) is 14.5 Å². The molecule has 2 aromatic rings. The Morgan fingerprint density at radius 2 is 1.85 bits per heavy atom. The average molecular weight is 539 g/mol. The number of carbonyl (C=O) groups is 2. The summed E-state index contributed by atoms with van der Waals surface area (Å²) in [5, 5.41) is 3.17. The third-order valence-corrected chi connectivity index (χ3v) is 8.46. The minimum absolute atomic E-state index is 0.0174. The highest BCUT2D eigenvalue weighted by molar-refractivity contribution is 5.98. The first-order chi connectivity index (χ1) is 18.9. The Morgan fingerprint density at radius 1 is 1.10 bits per heavy atom. The topological polar surface area (TPSA) is 87.9 Å². The molecule has 2 amide bonds. The van der Waals surface area contributed by atoms with E-state index in [1.165, 1.54) is 35.4 Å². The quantitative estimate of drug-likeness (QED) is 0.455. The second-order valence-corrected chi connectivity index (χ2v) is 11.1. The fourth-order valence-corrected chi connectivity index (χ4v) is 6.08. The van der Waals surface area contributed by atoms with E-state index in [-0.39, 0.29) is 17.9 Å². The van der Waals surface area contributed by atoms with E-state index in [0.717, 1.165) is 25.7 Å². The normalized spacial score (nSPS) is 23.3. The summed E-state index contributed by atoms with van der Waals surface area (Å²) >= 11 is 0. The number of rotatable bonds is 11. The molecule has 0 spiro atoms. The number of halogens is 1. The molecule has 39 heavy (non-hydrogen) atoms. The number of carbonyl (C=O) groups excluding carboxylic acids is 2. The predicted octanol–water partition coefficient (Wildman–Crippen LogP) is 3.75. The van der Waals surface area contributed by atoms with Crippen LogP contribution >= 0.6 is 0 Å². The van der Waals surface area contributed by atoms with Crippen molar-refractivity contribution < 1.29 is 18.7 Å². The van der Waals surface area contributed by atoms with Crippen molar-refractivity contribution in [1.29, 1.82) is 0 Å². The number of nitrogens with one attached hydrogen (secondary N) is 1. The third-order valence-electron chi connectivity index (χ3n) is 8.46. The summed E-state index contributed by atoms with van der Waals surface area (Å²) in [5.74, 6) is 0.164. The zero-order valence-corrected chi connectivity index (χ0v) is 23.3. The van der Waals surface area contributed by atoms with Crippen LogP contribution < -0.4 is 11.1 Å². The Labute approximate surface area is 231 Å². The van der Waals surface area contributed by atoms with Gasteiger partial charge in [0.2, 0.25) is 5.91 Å². The van der Waals surface area contributed by atoms with Gasteiger partial charge in [0.1, 0.15) is 11.9 Å². The second-order valence-electron chi connectivity index (χ2n) is 11.1. The molecule has 1 aliphatic carbocycles. The van der Waals surface area contributed by atoms with Crippen LogP contribution in [-0.4, -0.2) is 73.6 Å². The van der Waals surface area contributed by atoms with Gasteiger partial charge in [-0.25, -0.2) is 4.39 Å². The first-order valence-electron chi connectivity index (χ1n) is 14.2. The molecule has 1 saturated carbocycles. The van der Waals surface area contributed by atoms with E-state index in [2.05, 4.69) is 29.3 Å². The van der Waals surface area contributed by atoms with Gasteiger partial charge in [-0.15, -0.1) is 0 Å². The van der Waals surface area contributed by atoms with Crippen molar-refractivity contribution in [2.75, 3.05) is 39.9 Å². The largest absolute Gasteiger partial charge is 0.383 e. The number of hydrogen-bond acceptors (Lipinski definition) is 5. The zero-order valence-electron chi connectivity index (χ0n) is 23.3. The lowest BCUT2D eigenvalue weighted by atomic mass is 9.81. The molecule has 4 rings (SSSR count). The molecule has 0 radical (unpaired) electrons. The van der Waals surface area contributed by atoms with Gasteiger partial charge in [-0.2, -0.15) is 0 Å². The summed E-state index contributed by atoms with van der Waals surface area (Å²) in [7, 11) is 1.68. The minimum Gasteiger partial charge on any atom is -0.383 e. The van der Waals surface area contributed by atoms with Crippen LogP contribution in [-0.2, 0) is 16.1 Å². The van der Waals surface area contributed by atoms with Crippen molar-refractivity contribution in [3.63, 3.8) is 0 Å². The number of aryl methyl sites for hydroxylation is 1. The standard InChI is InChI=1S/C31H43FN4O3/c1-22-6-3-4-9-26(22)20-35(14-15-39-2)28-17-29(30(37)34-19-24-8-5-7-23(16-24)18-33)36(21-28)31(38)25-10-12-27(32)13-11-25/h3-4,6,9-13,23-24,28-29H,5,7-8,14-21,33H2,1-2H3,(H,34,37). The van der Waals surface area contributed by atoms with Crippen LogP contribution in [0.3, 0.4) is 0 Å². The van der Waals surface area contributed by atoms with Crippen LogP contribution in [0.2, 0.25) is 0 Å². The molecule has 7 nitrogen and oxygen atoms in total. The van der Waals surface area contributed by atoms with Gasteiger partial charge in [-0.05, 0) is 86.4 Å². The Balaban J connectivity index is 1.52. The van der Waals surface area contributed by atoms with Crippen molar-refractivity contribution in [3.05, 3.63) is 71.0 Å². The Morgan fingerprint density at radius 3 is 2.56 bits per heavy atom. The summed E-state index contributed by atoms with van der Waals surface area (Å²) in [5.41, 5.74) is 8.71. The smallest absolute Gasteiger partial charge is 0.254 e. The third kappa shape index (κ3) is 7.65. The first-order valence-corrected chi connectivity index (χ1v) is 14.2. The molecule has 4 atom stereocenters. The van der Waals surface area contributed by atoms with Gasteiger partial charge in [0.15, 0.2) is 0 Å². The monoisotopic (exact) mass is 538 g/mol. The summed E-state index contributed by atoms with van der Waals surface area (Å²) in [6.45, 7) is 5.75. The molecule has 1 saturated heterocycles. The maximum atomic E-state index is 13.6. The van der Waals surface area contributed by atoms with E-state index in [9.17, 15) is 14.0 Å². The highest BCUT2D eigenvalue weighted by Gasteiger charge is 2.42. The van der Waals surface area contributed by atoms with Crippen LogP contribution in [0.15, 0.2) is 48.5 Å². The highest BCUT2D eigenvalue weighted by Crippen LogP contribution is 2.29. The maximum Gasteiger partial charge on any atom is 0.254 e. The Bertz CT molecular complexity index is 1100. The Kier molecular flexibility index (Phi) is 10.5. The fourth-order valence-electron chi connectivity index (χ4n) is 6.08. The molecule has 2 aromatic carbocycles. The molecule has 8 heteroatoms. The molecule has 4 unspecified atom stereocenters. The molecule has 0 bridgehead atoms. The van der Waals surface area contributed by atoms with Gasteiger partial charge < -0.3 is 20.7 Å². The number of amides is 2. The van der Waals surface area contributed by atoms with Crippen LogP contribution in [0, 0.1) is 24.6 Å². The van der Waals surface area contributed by atoms with Crippen LogP contribution in [0.5, 0.6) is 0 Å². The average Bonchev–Trinajstić information content (AvgIpc) is 3.40. The predicted molar refractivity (Wildman–Crippen MR) is 151 cm³/mol. The fraction of sp³-hybridized carbons (Fsp3) is 0.548. The van der Waals surface area contributed by atoms with Gasteiger partial charge >= 0.3 is 0 Å². The molecule has 1 heterocycles. The SMILES string of the molecule is COCCN(Cc1ccccc1C)C1CC(C(=O)NCC2CCCC(CN)C2)N(C(=O)c2ccc(F)cc2)C1. The van der Waals surface area contributed by atoms with Crippen molar-refractivity contribution in [2.45, 2.75) is 57.7 Å². The molecule has 1 aliphatic heterocycles. The molecular formula is C31H43FN4O3. The van der Waals surface area contributed by atoms with Crippen molar-refractivity contribution in [3.8, 4) is 0 Å². The number of nitrogens with two attached hydrogens (primary N) is 1. The molecule has 2 aliphatic rings. The van der Waals surface area contributed by atoms with Gasteiger partial charge in [0.05, 0.1) is 6.61 Å². The summed E-state index contributed by atoms with van der Waals surface area (Å²) in [4.78, 5) is 31.2. The van der Waals surface area contributed by atoms with E-state index in [1.54, 1.807) is 12.0 Å². The number of ether oxygens (including phenoxy) is 1. The molecule has 212 valence electrons. The highest BCUT2D eigenvalue weighted by atomic mass is 19.1. The van der Waals surface area contributed by atoms with Crippen molar-refractivity contribution >= 4 is 11.8 Å². The van der Waals surface area contributed by atoms with Crippen LogP contribution in [0.1, 0.15) is 53.6 Å². The summed E-state index contributed by atoms with van der Waals surface area (Å²) < 4.78 is 19.0.